The Hall–Kier alpha value is -3.56. The molecule has 4 aromatic heterocycles. The summed E-state index contributed by atoms with van der Waals surface area (Å²) >= 11 is 6.08. The molecule has 1 amide bonds. The number of fused-ring (bicyclic) bond motifs is 5. The third kappa shape index (κ3) is 4.42. The quantitative estimate of drug-likeness (QED) is 0.386. The van der Waals surface area contributed by atoms with Gasteiger partial charge in [0.25, 0.3) is 5.91 Å². The fourth-order valence-electron chi connectivity index (χ4n) is 5.53. The molecule has 4 aromatic rings. The zero-order valence-corrected chi connectivity index (χ0v) is 21.1. The summed E-state index contributed by atoms with van der Waals surface area (Å²) in [6.07, 6.45) is 6.29. The minimum atomic E-state index is -0.632. The van der Waals surface area contributed by atoms with Gasteiger partial charge >= 0.3 is 0 Å². The normalized spacial score (nSPS) is 19.8. The predicted molar refractivity (Wildman–Crippen MR) is 137 cm³/mol. The van der Waals surface area contributed by atoms with Gasteiger partial charge in [0, 0.05) is 50.2 Å². The van der Waals surface area contributed by atoms with Crippen molar-refractivity contribution in [3.05, 3.63) is 77.1 Å². The number of hydrogen-bond acceptors (Lipinski definition) is 6. The van der Waals surface area contributed by atoms with Crippen LogP contribution in [0, 0.1) is 5.82 Å². The number of hydrogen-bond donors (Lipinski definition) is 0. The predicted octanol–water partition coefficient (Wildman–Crippen LogP) is 4.47. The van der Waals surface area contributed by atoms with E-state index in [2.05, 4.69) is 19.3 Å². The lowest BCUT2D eigenvalue weighted by Gasteiger charge is -2.38. The van der Waals surface area contributed by atoms with E-state index in [1.54, 1.807) is 11.1 Å². The van der Waals surface area contributed by atoms with Gasteiger partial charge < -0.3 is 14.0 Å². The Morgan fingerprint density at radius 2 is 1.97 bits per heavy atom. The van der Waals surface area contributed by atoms with Crippen molar-refractivity contribution in [2.75, 3.05) is 20.2 Å². The van der Waals surface area contributed by atoms with Gasteiger partial charge in [-0.25, -0.2) is 14.4 Å². The molecule has 2 bridgehead atoms. The molecular weight excluding hydrogens is 495 g/mol. The fourth-order valence-corrected chi connectivity index (χ4v) is 5.64. The Morgan fingerprint density at radius 1 is 1.11 bits per heavy atom. The lowest BCUT2D eigenvalue weighted by Crippen LogP contribution is -2.49. The lowest BCUT2D eigenvalue weighted by atomic mass is 9.98. The topological polar surface area (TPSA) is 75.9 Å². The van der Waals surface area contributed by atoms with Crippen LogP contribution in [-0.4, -0.2) is 67.3 Å². The second-order valence-corrected chi connectivity index (χ2v) is 9.92. The Bertz CT molecular complexity index is 1460. The molecule has 7 rings (SSSR count). The first-order chi connectivity index (χ1) is 18.0. The highest BCUT2D eigenvalue weighted by atomic mass is 35.5. The zero-order valence-electron chi connectivity index (χ0n) is 20.3. The monoisotopic (exact) mass is 520 g/mol. The van der Waals surface area contributed by atoms with Crippen molar-refractivity contribution in [2.24, 2.45) is 0 Å². The molecule has 37 heavy (non-hydrogen) atoms. The molecule has 8 nitrogen and oxygen atoms in total. The molecule has 3 aliphatic rings. The van der Waals surface area contributed by atoms with E-state index in [4.69, 9.17) is 21.3 Å². The number of ether oxygens (including phenoxy) is 1. The molecule has 0 aromatic carbocycles. The molecule has 190 valence electrons. The number of rotatable bonds is 5. The highest BCUT2D eigenvalue weighted by Crippen LogP contribution is 2.33. The Labute approximate surface area is 218 Å². The van der Waals surface area contributed by atoms with Crippen molar-refractivity contribution < 1.29 is 13.9 Å². The van der Waals surface area contributed by atoms with Crippen molar-refractivity contribution in [2.45, 2.75) is 37.9 Å². The maximum Gasteiger partial charge on any atom is 0.275 e. The van der Waals surface area contributed by atoms with Crippen molar-refractivity contribution in [3.8, 4) is 17.3 Å². The molecule has 10 heteroatoms. The number of halogens is 2. The second-order valence-electron chi connectivity index (χ2n) is 9.48. The van der Waals surface area contributed by atoms with Gasteiger partial charge in [-0.3, -0.25) is 14.7 Å². The fraction of sp³-hybridized carbons (Fsp3) is 0.333. The van der Waals surface area contributed by atoms with Crippen LogP contribution in [0.5, 0.6) is 5.88 Å². The summed E-state index contributed by atoms with van der Waals surface area (Å²) in [6.45, 7) is 1.90. The molecule has 0 spiro atoms. The summed E-state index contributed by atoms with van der Waals surface area (Å²) in [7, 11) is 1.45. The van der Waals surface area contributed by atoms with E-state index in [9.17, 15) is 9.18 Å². The van der Waals surface area contributed by atoms with Crippen LogP contribution in [0.3, 0.4) is 0 Å². The van der Waals surface area contributed by atoms with E-state index in [0.29, 0.717) is 30.7 Å². The molecule has 3 fully saturated rings. The molecule has 2 unspecified atom stereocenters. The Kier molecular flexibility index (Phi) is 6.26. The van der Waals surface area contributed by atoms with E-state index in [1.807, 2.05) is 36.5 Å². The smallest absolute Gasteiger partial charge is 0.275 e. The highest BCUT2D eigenvalue weighted by molar-refractivity contribution is 6.30. The van der Waals surface area contributed by atoms with E-state index in [1.165, 1.54) is 19.2 Å². The molecule has 0 radical (unpaired) electrons. The SMILES string of the molecule is COc1ccc(F)c(C(=O)N2CCC3CCC2CN3Cc2c(-c3ccc(Cl)cn3)nc3ccccn23)n1. The number of imidazole rings is 1. The number of amides is 1. The van der Waals surface area contributed by atoms with E-state index >= 15 is 0 Å². The summed E-state index contributed by atoms with van der Waals surface area (Å²) in [5.74, 6) is -0.793. The Balaban J connectivity index is 1.30. The standard InChI is InChI=1S/C27H26ClFN6O2/c1-37-24-10-8-20(29)25(32-24)27(36)34-13-11-18-6-7-19(34)15-33(18)16-22-26(21-9-5-17(28)14-30-21)31-23-4-2-3-12-35(22)23/h2-5,8-10,12,14,18-19H,6-7,11,13,15-16H2,1H3. The van der Waals surface area contributed by atoms with Gasteiger partial charge in [-0.15, -0.1) is 0 Å². The van der Waals surface area contributed by atoms with Crippen LogP contribution in [0.1, 0.15) is 35.4 Å². The molecule has 0 saturated carbocycles. The minimum Gasteiger partial charge on any atom is -0.481 e. The number of pyridine rings is 3. The molecule has 3 aliphatic heterocycles. The molecule has 0 aliphatic carbocycles. The highest BCUT2D eigenvalue weighted by Gasteiger charge is 2.39. The van der Waals surface area contributed by atoms with Crippen molar-refractivity contribution >= 4 is 23.2 Å². The van der Waals surface area contributed by atoms with Crippen LogP contribution < -0.4 is 4.74 Å². The molecule has 0 N–H and O–H groups in total. The maximum atomic E-state index is 14.6. The van der Waals surface area contributed by atoms with E-state index < -0.39 is 5.82 Å². The number of nitrogens with zero attached hydrogens (tertiary/aromatic N) is 6. The van der Waals surface area contributed by atoms with Crippen LogP contribution in [0.4, 0.5) is 4.39 Å². The average Bonchev–Trinajstić information content (AvgIpc) is 3.04. The van der Waals surface area contributed by atoms with Crippen molar-refractivity contribution in [3.63, 3.8) is 0 Å². The van der Waals surface area contributed by atoms with E-state index in [0.717, 1.165) is 42.0 Å². The first kappa shape index (κ1) is 23.8. The van der Waals surface area contributed by atoms with Gasteiger partial charge in [0.15, 0.2) is 11.5 Å². The molecule has 7 heterocycles. The van der Waals surface area contributed by atoms with Gasteiger partial charge in [-0.05, 0) is 49.6 Å². The number of carbonyl (C=O) groups excluding carboxylic acids is 1. The Morgan fingerprint density at radius 3 is 2.78 bits per heavy atom. The van der Waals surface area contributed by atoms with Crippen LogP contribution in [-0.2, 0) is 6.54 Å². The van der Waals surface area contributed by atoms with Crippen LogP contribution >= 0.6 is 11.6 Å². The largest absolute Gasteiger partial charge is 0.481 e. The number of methoxy groups -OCH3 is 1. The van der Waals surface area contributed by atoms with Crippen LogP contribution in [0.2, 0.25) is 5.02 Å². The minimum absolute atomic E-state index is 0.0325. The summed E-state index contributed by atoms with van der Waals surface area (Å²) in [5, 5.41) is 0.575. The summed E-state index contributed by atoms with van der Waals surface area (Å²) in [5.41, 5.74) is 3.28. The number of piperidine rings is 1. The molecular formula is C27H26ClFN6O2. The third-order valence-corrected chi connectivity index (χ3v) is 7.61. The molecule has 3 saturated heterocycles. The first-order valence-electron chi connectivity index (χ1n) is 12.4. The number of carbonyl (C=O) groups is 1. The first-order valence-corrected chi connectivity index (χ1v) is 12.7. The summed E-state index contributed by atoms with van der Waals surface area (Å²) in [4.78, 5) is 31.1. The molecule has 2 atom stereocenters. The summed E-state index contributed by atoms with van der Waals surface area (Å²) in [6, 6.07) is 12.6. The van der Waals surface area contributed by atoms with Gasteiger partial charge in [0.1, 0.15) is 11.3 Å². The van der Waals surface area contributed by atoms with Gasteiger partial charge in [-0.2, -0.15) is 0 Å². The van der Waals surface area contributed by atoms with Gasteiger partial charge in [-0.1, -0.05) is 17.7 Å². The zero-order chi connectivity index (χ0) is 25.5. The van der Waals surface area contributed by atoms with Gasteiger partial charge in [0.2, 0.25) is 5.88 Å². The van der Waals surface area contributed by atoms with Crippen LogP contribution in [0.25, 0.3) is 17.0 Å². The number of aromatic nitrogens is 4. The maximum absolute atomic E-state index is 14.6. The third-order valence-electron chi connectivity index (χ3n) is 7.38. The second kappa shape index (κ2) is 9.72. The summed E-state index contributed by atoms with van der Waals surface area (Å²) < 4.78 is 21.8. The van der Waals surface area contributed by atoms with E-state index in [-0.39, 0.29) is 23.5 Å². The van der Waals surface area contributed by atoms with Crippen molar-refractivity contribution in [1.29, 1.82) is 0 Å². The van der Waals surface area contributed by atoms with Crippen molar-refractivity contribution in [1.82, 2.24) is 29.2 Å². The van der Waals surface area contributed by atoms with Gasteiger partial charge in [0.05, 0.1) is 23.5 Å². The lowest BCUT2D eigenvalue weighted by molar-refractivity contribution is 0.0592. The average molecular weight is 521 g/mol. The van der Waals surface area contributed by atoms with Crippen LogP contribution in [0.15, 0.2) is 54.9 Å².